The van der Waals surface area contributed by atoms with Gasteiger partial charge in [0.25, 0.3) is 18.3 Å². The van der Waals surface area contributed by atoms with Gasteiger partial charge in [0, 0.05) is 64.2 Å². The molecule has 6 rings (SSSR count). The van der Waals surface area contributed by atoms with Crippen molar-refractivity contribution in [3.8, 4) is 11.3 Å². The lowest BCUT2D eigenvalue weighted by atomic mass is 10.1. The predicted octanol–water partition coefficient (Wildman–Crippen LogP) is 3.15. The fourth-order valence-electron chi connectivity index (χ4n) is 5.57. The van der Waals surface area contributed by atoms with Gasteiger partial charge in [0.1, 0.15) is 0 Å². The molecule has 14 nitrogen and oxygen atoms in total. The number of nitrogens with one attached hydrogen (secondary N) is 1. The zero-order valence-electron chi connectivity index (χ0n) is 25.3. The third kappa shape index (κ3) is 7.35. The molecule has 1 atom stereocenters. The molecular weight excluding hydrogens is 647 g/mol. The first-order valence-electron chi connectivity index (χ1n) is 14.8. The van der Waals surface area contributed by atoms with Crippen molar-refractivity contribution < 1.29 is 37.5 Å². The van der Waals surface area contributed by atoms with Gasteiger partial charge in [-0.1, -0.05) is 11.6 Å². The summed E-state index contributed by atoms with van der Waals surface area (Å²) >= 11 is 6.44. The van der Waals surface area contributed by atoms with Gasteiger partial charge in [-0.25, -0.2) is 9.78 Å². The van der Waals surface area contributed by atoms with Gasteiger partial charge < -0.3 is 35.4 Å². The van der Waals surface area contributed by atoms with Crippen LogP contribution in [0.5, 0.6) is 0 Å². The molecule has 4 N–H and O–H groups in total. The first-order chi connectivity index (χ1) is 22.3. The Morgan fingerprint density at radius 1 is 1.06 bits per heavy atom. The summed E-state index contributed by atoms with van der Waals surface area (Å²) < 4.78 is 43.8. The Hall–Kier alpha value is -4.64. The highest BCUT2D eigenvalue weighted by Crippen LogP contribution is 2.41. The third-order valence-electron chi connectivity index (χ3n) is 8.18. The number of carbonyl (C=O) groups is 4. The zero-order chi connectivity index (χ0) is 34.0. The van der Waals surface area contributed by atoms with E-state index < -0.39 is 17.8 Å². The van der Waals surface area contributed by atoms with E-state index in [9.17, 15) is 27.6 Å². The first-order valence-corrected chi connectivity index (χ1v) is 15.2. The van der Waals surface area contributed by atoms with Gasteiger partial charge in [0.05, 0.1) is 34.1 Å². The summed E-state index contributed by atoms with van der Waals surface area (Å²) in [6, 6.07) is 4.29. The highest BCUT2D eigenvalue weighted by molar-refractivity contribution is 6.34. The zero-order valence-corrected chi connectivity index (χ0v) is 26.0. The number of hydrogen-bond acceptors (Lipinski definition) is 7. The monoisotopic (exact) mass is 679 g/mol. The topological polar surface area (TPSA) is 172 Å². The molecule has 2 aliphatic heterocycles. The van der Waals surface area contributed by atoms with E-state index in [-0.39, 0.29) is 63.8 Å². The lowest BCUT2D eigenvalue weighted by Crippen LogP contribution is -2.54. The normalized spacial score (nSPS) is 18.1. The summed E-state index contributed by atoms with van der Waals surface area (Å²) in [7, 11) is 1.45. The van der Waals surface area contributed by atoms with Gasteiger partial charge in [-0.15, -0.1) is 0 Å². The number of benzene rings is 1. The lowest BCUT2D eigenvalue weighted by Gasteiger charge is -2.36. The van der Waals surface area contributed by atoms with Crippen molar-refractivity contribution in [2.75, 3.05) is 44.6 Å². The van der Waals surface area contributed by atoms with E-state index >= 15 is 0 Å². The molecule has 3 aliphatic rings. The molecule has 252 valence electrons. The van der Waals surface area contributed by atoms with E-state index in [0.29, 0.717) is 39.3 Å². The number of piperazine rings is 1. The second-order valence-corrected chi connectivity index (χ2v) is 11.8. The van der Waals surface area contributed by atoms with Gasteiger partial charge in [-0.05, 0) is 37.5 Å². The van der Waals surface area contributed by atoms with Gasteiger partial charge in [-0.3, -0.25) is 19.1 Å². The van der Waals surface area contributed by atoms with Crippen LogP contribution in [0.3, 0.4) is 0 Å². The van der Waals surface area contributed by atoms with Crippen LogP contribution in [0.1, 0.15) is 52.0 Å². The number of rotatable bonds is 5. The minimum atomic E-state index is -4.68. The molecule has 0 radical (unpaired) electrons. The highest BCUT2D eigenvalue weighted by atomic mass is 35.5. The molecular formula is C29H33ClF3N9O5. The van der Waals surface area contributed by atoms with Crippen LogP contribution in [0.2, 0.25) is 5.02 Å². The molecule has 4 amide bonds. The molecule has 1 aromatic carbocycles. The Kier molecular flexibility index (Phi) is 9.76. The molecule has 47 heavy (non-hydrogen) atoms. The van der Waals surface area contributed by atoms with Crippen LogP contribution < -0.4 is 11.1 Å². The van der Waals surface area contributed by atoms with Crippen LogP contribution >= 0.6 is 11.6 Å². The van der Waals surface area contributed by atoms with Crippen LogP contribution in [-0.2, 0) is 18.0 Å². The van der Waals surface area contributed by atoms with Crippen LogP contribution in [0.25, 0.3) is 11.3 Å². The number of carbonyl (C=O) groups excluding carboxylic acids is 3. The second kappa shape index (κ2) is 13.6. The number of imidazole rings is 1. The van der Waals surface area contributed by atoms with Crippen molar-refractivity contribution in [1.29, 1.82) is 0 Å². The summed E-state index contributed by atoms with van der Waals surface area (Å²) in [6.07, 6.45) is 0.174. The molecule has 3 aromatic rings. The van der Waals surface area contributed by atoms with Crippen LogP contribution in [0.15, 0.2) is 30.6 Å². The molecule has 3 fully saturated rings. The van der Waals surface area contributed by atoms with E-state index in [4.69, 9.17) is 27.2 Å². The molecule has 0 bridgehead atoms. The minimum Gasteiger partial charge on any atom is -0.483 e. The minimum absolute atomic E-state index is 0.00737. The Morgan fingerprint density at radius 2 is 1.72 bits per heavy atom. The second-order valence-electron chi connectivity index (χ2n) is 11.4. The quantitative estimate of drug-likeness (QED) is 0.345. The fraction of sp³-hybridized carbons (Fsp3) is 0.448. The number of carboxylic acid groups (broad SMARTS) is 1. The van der Waals surface area contributed by atoms with Crippen molar-refractivity contribution in [1.82, 2.24) is 34.0 Å². The summed E-state index contributed by atoms with van der Waals surface area (Å²) in [5.41, 5.74) is 5.34. The SMILES string of the molecule is Cn1c(-c2cn(C3CC3)nc2C(F)(F)F)cnc1C(=O)Nc1ccc(C(=O)N2CCN(C(=O)N3CC[C@@H](N)C3)CC2)c(Cl)c1.O=CO. The van der Waals surface area contributed by atoms with Crippen LogP contribution in [0.4, 0.5) is 23.7 Å². The number of alkyl halides is 3. The number of nitrogens with two attached hydrogens (primary N) is 1. The number of anilines is 1. The van der Waals surface area contributed by atoms with Crippen LogP contribution in [0, 0.1) is 0 Å². The van der Waals surface area contributed by atoms with Crippen molar-refractivity contribution in [3.63, 3.8) is 0 Å². The van der Waals surface area contributed by atoms with E-state index in [0.717, 1.165) is 19.3 Å². The predicted molar refractivity (Wildman–Crippen MR) is 163 cm³/mol. The van der Waals surface area contributed by atoms with Gasteiger partial charge >= 0.3 is 12.2 Å². The molecule has 18 heteroatoms. The van der Waals surface area contributed by atoms with E-state index in [1.807, 2.05) is 0 Å². The fourth-order valence-corrected chi connectivity index (χ4v) is 5.83. The van der Waals surface area contributed by atoms with Crippen molar-refractivity contribution in [3.05, 3.63) is 52.7 Å². The molecule has 0 spiro atoms. The Bertz CT molecular complexity index is 1660. The molecule has 0 unspecified atom stereocenters. The van der Waals surface area contributed by atoms with Crippen molar-refractivity contribution in [2.24, 2.45) is 12.8 Å². The number of amides is 4. The summed E-state index contributed by atoms with van der Waals surface area (Å²) in [5, 5.41) is 13.4. The third-order valence-corrected chi connectivity index (χ3v) is 8.49. The Morgan fingerprint density at radius 3 is 2.30 bits per heavy atom. The molecule has 1 aliphatic carbocycles. The van der Waals surface area contributed by atoms with Crippen molar-refractivity contribution in [2.45, 2.75) is 37.5 Å². The van der Waals surface area contributed by atoms with Crippen LogP contribution in [-0.4, -0.2) is 109 Å². The lowest BCUT2D eigenvalue weighted by molar-refractivity contribution is -0.141. The summed E-state index contributed by atoms with van der Waals surface area (Å²) in [5.74, 6) is -1.09. The average molecular weight is 680 g/mol. The first kappa shape index (κ1) is 33.7. The number of likely N-dealkylation sites (tertiary alicyclic amines) is 1. The number of hydrogen-bond donors (Lipinski definition) is 3. The average Bonchev–Trinajstić information content (AvgIpc) is 3.42. The Labute approximate surface area is 271 Å². The smallest absolute Gasteiger partial charge is 0.435 e. The summed E-state index contributed by atoms with van der Waals surface area (Å²) in [6.45, 7) is 2.37. The van der Waals surface area contributed by atoms with Crippen molar-refractivity contribution >= 4 is 41.6 Å². The highest BCUT2D eigenvalue weighted by Gasteiger charge is 2.40. The number of nitrogens with zero attached hydrogens (tertiary/aromatic N) is 7. The van der Waals surface area contributed by atoms with E-state index in [1.165, 1.54) is 46.9 Å². The molecule has 2 aromatic heterocycles. The molecule has 4 heterocycles. The molecule has 2 saturated heterocycles. The standard InChI is InChI=1S/C28H31ClF3N9O3.CH2O2/c1-37-22(20-15-41(18-3-4-18)36-23(20)28(30,31)32)13-34-24(37)25(42)35-17-2-5-19(21(29)12-17)26(43)38-8-10-39(11-9-38)27(44)40-7-6-16(33)14-40;2-1-3/h2,5,12-13,15-16,18H,3-4,6-11,14,33H2,1H3,(H,35,42);1H,(H,2,3)/t16-;/m1./s1. The molecule has 1 saturated carbocycles. The van der Waals surface area contributed by atoms with E-state index in [2.05, 4.69) is 15.4 Å². The van der Waals surface area contributed by atoms with E-state index in [1.54, 1.807) is 14.7 Å². The van der Waals surface area contributed by atoms with Gasteiger partial charge in [0.15, 0.2) is 11.5 Å². The van der Waals surface area contributed by atoms with Gasteiger partial charge in [-0.2, -0.15) is 18.3 Å². The maximum atomic E-state index is 13.7. The maximum absolute atomic E-state index is 13.7. The number of halogens is 4. The number of urea groups is 1. The Balaban J connectivity index is 0.00000139. The van der Waals surface area contributed by atoms with Gasteiger partial charge in [0.2, 0.25) is 0 Å². The maximum Gasteiger partial charge on any atom is 0.435 e. The number of aromatic nitrogens is 4. The largest absolute Gasteiger partial charge is 0.483 e. The summed E-state index contributed by atoms with van der Waals surface area (Å²) in [4.78, 5) is 56.5.